The van der Waals surface area contributed by atoms with E-state index in [1.165, 1.54) is 76.0 Å². The van der Waals surface area contributed by atoms with Crippen LogP contribution in [0.5, 0.6) is 0 Å². The third-order valence-corrected chi connectivity index (χ3v) is 4.67. The molecule has 1 unspecified atom stereocenters. The molecule has 3 heteroatoms. The lowest BCUT2D eigenvalue weighted by Crippen LogP contribution is -2.17. The van der Waals surface area contributed by atoms with E-state index in [-0.39, 0.29) is 6.10 Å². The van der Waals surface area contributed by atoms with Crippen molar-refractivity contribution >= 4 is 5.97 Å². The Balaban J connectivity index is 2.11. The quantitative estimate of drug-likeness (QED) is 0.265. The second-order valence-electron chi connectivity index (χ2n) is 6.92. The Hall–Kier alpha value is -1.38. The van der Waals surface area contributed by atoms with Gasteiger partial charge in [-0.05, 0) is 37.5 Å². The van der Waals surface area contributed by atoms with Gasteiger partial charge in [0.25, 0.3) is 0 Å². The van der Waals surface area contributed by atoms with Crippen molar-refractivity contribution in [2.75, 3.05) is 0 Å². The molecule has 0 amide bonds. The van der Waals surface area contributed by atoms with Crippen molar-refractivity contribution in [2.24, 2.45) is 0 Å². The van der Waals surface area contributed by atoms with Crippen LogP contribution in [0.3, 0.4) is 0 Å². The van der Waals surface area contributed by atoms with Crippen LogP contribution in [0.1, 0.15) is 101 Å². The van der Waals surface area contributed by atoms with Crippen LogP contribution in [0.4, 0.5) is 4.39 Å². The molecule has 1 atom stereocenters. The number of rotatable bonds is 14. The Labute approximate surface area is 153 Å². The van der Waals surface area contributed by atoms with Crippen molar-refractivity contribution in [3.63, 3.8) is 0 Å². The van der Waals surface area contributed by atoms with Gasteiger partial charge in [-0.1, -0.05) is 77.7 Å². The molecule has 0 radical (unpaired) electrons. The van der Waals surface area contributed by atoms with E-state index in [9.17, 15) is 9.18 Å². The number of hydrogen-bond donors (Lipinski definition) is 0. The van der Waals surface area contributed by atoms with Gasteiger partial charge in [0, 0.05) is 0 Å². The molecular weight excluding hydrogens is 315 g/mol. The highest BCUT2D eigenvalue weighted by molar-refractivity contribution is 5.89. The fraction of sp³-hybridized carbons (Fsp3) is 0.682. The summed E-state index contributed by atoms with van der Waals surface area (Å²) in [7, 11) is 0. The van der Waals surface area contributed by atoms with E-state index in [2.05, 4.69) is 6.92 Å². The van der Waals surface area contributed by atoms with Gasteiger partial charge in [-0.25, -0.2) is 9.18 Å². The van der Waals surface area contributed by atoms with Crippen LogP contribution in [-0.2, 0) is 4.74 Å². The van der Waals surface area contributed by atoms with E-state index in [0.29, 0.717) is 5.56 Å². The third kappa shape index (κ3) is 10.3. The first kappa shape index (κ1) is 21.7. The molecule has 0 fully saturated rings. The highest BCUT2D eigenvalue weighted by atomic mass is 19.1. The summed E-state index contributed by atoms with van der Waals surface area (Å²) in [4.78, 5) is 12.1. The van der Waals surface area contributed by atoms with Crippen LogP contribution >= 0.6 is 0 Å². The highest BCUT2D eigenvalue weighted by Crippen LogP contribution is 2.16. The molecule has 0 aliphatic carbocycles. The molecule has 0 saturated heterocycles. The number of carbonyl (C=O) groups is 1. The van der Waals surface area contributed by atoms with Crippen LogP contribution in [-0.4, -0.2) is 12.1 Å². The van der Waals surface area contributed by atoms with E-state index in [0.717, 1.165) is 19.3 Å². The second-order valence-corrected chi connectivity index (χ2v) is 6.92. The largest absolute Gasteiger partial charge is 0.459 e. The van der Waals surface area contributed by atoms with E-state index >= 15 is 0 Å². The van der Waals surface area contributed by atoms with E-state index < -0.39 is 11.8 Å². The number of benzene rings is 1. The first-order valence-electron chi connectivity index (χ1n) is 10.1. The Bertz CT molecular complexity index is 473. The molecule has 25 heavy (non-hydrogen) atoms. The van der Waals surface area contributed by atoms with Crippen LogP contribution < -0.4 is 0 Å². The zero-order valence-electron chi connectivity index (χ0n) is 16.1. The topological polar surface area (TPSA) is 26.3 Å². The maximum absolute atomic E-state index is 13.2. The number of carbonyl (C=O) groups excluding carboxylic acids is 1. The molecule has 1 aromatic rings. The predicted octanol–water partition coefficient (Wildman–Crippen LogP) is 7.07. The molecule has 0 spiro atoms. The van der Waals surface area contributed by atoms with Gasteiger partial charge >= 0.3 is 5.97 Å². The van der Waals surface area contributed by atoms with Crippen molar-refractivity contribution in [2.45, 2.75) is 97.0 Å². The Kier molecular flexibility index (Phi) is 12.0. The molecule has 2 nitrogen and oxygen atoms in total. The van der Waals surface area contributed by atoms with E-state index in [1.54, 1.807) is 6.07 Å². The molecule has 0 bridgehead atoms. The molecule has 0 aromatic heterocycles. The van der Waals surface area contributed by atoms with Crippen LogP contribution in [0.25, 0.3) is 0 Å². The number of hydrogen-bond acceptors (Lipinski definition) is 2. The molecular formula is C22H35FO2. The van der Waals surface area contributed by atoms with Gasteiger partial charge in [0.15, 0.2) is 0 Å². The summed E-state index contributed by atoms with van der Waals surface area (Å²) >= 11 is 0. The number of halogens is 1. The van der Waals surface area contributed by atoms with Crippen molar-refractivity contribution in [3.8, 4) is 0 Å². The predicted molar refractivity (Wildman–Crippen MR) is 102 cm³/mol. The normalized spacial score (nSPS) is 12.1. The minimum absolute atomic E-state index is 0.0650. The van der Waals surface area contributed by atoms with Gasteiger partial charge in [0.1, 0.15) is 11.9 Å². The zero-order chi connectivity index (χ0) is 18.3. The molecule has 0 saturated carbocycles. The summed E-state index contributed by atoms with van der Waals surface area (Å²) < 4.78 is 18.7. The molecule has 0 N–H and O–H groups in total. The molecule has 0 aliphatic rings. The maximum Gasteiger partial charge on any atom is 0.338 e. The number of esters is 1. The second kappa shape index (κ2) is 13.9. The standard InChI is InChI=1S/C22H35FO2/c1-3-5-6-7-8-9-10-11-12-13-17-21(4-2)25-22(24)19-15-14-16-20(23)18-19/h14-16,18,21H,3-13,17H2,1-2H3. The summed E-state index contributed by atoms with van der Waals surface area (Å²) in [6, 6.07) is 5.70. The van der Waals surface area contributed by atoms with Crippen LogP contribution in [0.2, 0.25) is 0 Å². The van der Waals surface area contributed by atoms with Crippen molar-refractivity contribution in [1.29, 1.82) is 0 Å². The summed E-state index contributed by atoms with van der Waals surface area (Å²) in [6.45, 7) is 4.28. The van der Waals surface area contributed by atoms with E-state index in [4.69, 9.17) is 4.74 Å². The minimum atomic E-state index is -0.418. The first-order valence-corrected chi connectivity index (χ1v) is 10.1. The van der Waals surface area contributed by atoms with Gasteiger partial charge in [0.05, 0.1) is 5.56 Å². The molecule has 1 rings (SSSR count). The SMILES string of the molecule is CCCCCCCCCCCCC(CC)OC(=O)c1cccc(F)c1. The first-order chi connectivity index (χ1) is 12.2. The van der Waals surface area contributed by atoms with Crippen molar-refractivity contribution < 1.29 is 13.9 Å². The van der Waals surface area contributed by atoms with Crippen molar-refractivity contribution in [1.82, 2.24) is 0 Å². The molecule has 0 heterocycles. The van der Waals surface area contributed by atoms with Gasteiger partial charge in [0.2, 0.25) is 0 Å². The van der Waals surface area contributed by atoms with Crippen molar-refractivity contribution in [3.05, 3.63) is 35.6 Å². The minimum Gasteiger partial charge on any atom is -0.459 e. The molecule has 142 valence electrons. The fourth-order valence-corrected chi connectivity index (χ4v) is 3.04. The molecule has 0 aliphatic heterocycles. The summed E-state index contributed by atoms with van der Waals surface area (Å²) in [6.07, 6.45) is 14.6. The zero-order valence-corrected chi connectivity index (χ0v) is 16.1. The highest BCUT2D eigenvalue weighted by Gasteiger charge is 2.14. The lowest BCUT2D eigenvalue weighted by atomic mass is 10.0. The fourth-order valence-electron chi connectivity index (χ4n) is 3.04. The Morgan fingerprint density at radius 3 is 2.12 bits per heavy atom. The number of unbranched alkanes of at least 4 members (excludes halogenated alkanes) is 9. The average molecular weight is 351 g/mol. The van der Waals surface area contributed by atoms with Gasteiger partial charge < -0.3 is 4.74 Å². The monoisotopic (exact) mass is 350 g/mol. The third-order valence-electron chi connectivity index (χ3n) is 4.67. The van der Waals surface area contributed by atoms with Gasteiger partial charge in [-0.2, -0.15) is 0 Å². The van der Waals surface area contributed by atoms with Crippen LogP contribution in [0, 0.1) is 5.82 Å². The Morgan fingerprint density at radius 1 is 0.960 bits per heavy atom. The smallest absolute Gasteiger partial charge is 0.338 e. The average Bonchev–Trinajstić information content (AvgIpc) is 2.62. The lowest BCUT2D eigenvalue weighted by Gasteiger charge is -2.16. The Morgan fingerprint density at radius 2 is 1.56 bits per heavy atom. The van der Waals surface area contributed by atoms with E-state index in [1.807, 2.05) is 6.92 Å². The summed E-state index contributed by atoms with van der Waals surface area (Å²) in [5.41, 5.74) is 0.293. The van der Waals surface area contributed by atoms with Gasteiger partial charge in [-0.3, -0.25) is 0 Å². The van der Waals surface area contributed by atoms with Gasteiger partial charge in [-0.15, -0.1) is 0 Å². The van der Waals surface area contributed by atoms with Crippen LogP contribution in [0.15, 0.2) is 24.3 Å². The molecule has 1 aromatic carbocycles. The summed E-state index contributed by atoms with van der Waals surface area (Å²) in [5, 5.41) is 0. The lowest BCUT2D eigenvalue weighted by molar-refractivity contribution is 0.0266. The maximum atomic E-state index is 13.2. The summed E-state index contributed by atoms with van der Waals surface area (Å²) in [5.74, 6) is -0.823. The number of ether oxygens (including phenoxy) is 1.